The summed E-state index contributed by atoms with van der Waals surface area (Å²) < 4.78 is 6.14. The number of benzene rings is 2. The summed E-state index contributed by atoms with van der Waals surface area (Å²) in [6.45, 7) is 11.3. The molecule has 0 spiro atoms. The second-order valence-corrected chi connectivity index (χ2v) is 6.32. The molecule has 3 heteroatoms. The van der Waals surface area contributed by atoms with Gasteiger partial charge in [-0.3, -0.25) is 0 Å². The van der Waals surface area contributed by atoms with Gasteiger partial charge in [0.15, 0.2) is 0 Å². The second kappa shape index (κ2) is 8.52. The van der Waals surface area contributed by atoms with E-state index in [1.54, 1.807) is 0 Å². The van der Waals surface area contributed by atoms with E-state index in [2.05, 4.69) is 63.0 Å². The summed E-state index contributed by atoms with van der Waals surface area (Å²) >= 11 is 0. The lowest BCUT2D eigenvalue weighted by Gasteiger charge is -2.13. The van der Waals surface area contributed by atoms with E-state index in [0.717, 1.165) is 34.9 Å². The monoisotopic (exact) mass is 336 g/mol. The first-order chi connectivity index (χ1) is 11.9. The van der Waals surface area contributed by atoms with Gasteiger partial charge >= 0.3 is 0 Å². The highest BCUT2D eigenvalue weighted by molar-refractivity contribution is 5.66. The lowest BCUT2D eigenvalue weighted by Crippen LogP contribution is -2.14. The van der Waals surface area contributed by atoms with Crippen molar-refractivity contribution in [2.24, 2.45) is 4.99 Å². The van der Waals surface area contributed by atoms with Gasteiger partial charge in [-0.25, -0.2) is 4.99 Å². The molecule has 0 aliphatic rings. The maximum absolute atomic E-state index is 6.14. The number of rotatable bonds is 6. The van der Waals surface area contributed by atoms with Crippen LogP contribution in [0.15, 0.2) is 47.5 Å². The maximum atomic E-state index is 6.14. The fourth-order valence-corrected chi connectivity index (χ4v) is 2.36. The average Bonchev–Trinajstić information content (AvgIpc) is 2.62. The number of hydrogen-bond donors (Lipinski definition) is 0. The number of allylic oxidation sites excluding steroid dienone is 2. The van der Waals surface area contributed by atoms with E-state index in [-0.39, 0.29) is 0 Å². The molecule has 0 heterocycles. The molecule has 0 saturated heterocycles. The minimum atomic E-state index is 0.850. The van der Waals surface area contributed by atoms with Gasteiger partial charge in [0, 0.05) is 13.6 Å². The van der Waals surface area contributed by atoms with Crippen LogP contribution in [0.4, 0.5) is 5.69 Å². The predicted octanol–water partition coefficient (Wildman–Crippen LogP) is 6.13. The molecule has 2 aromatic rings. The molecule has 0 fully saturated rings. The third-order valence-electron chi connectivity index (χ3n) is 4.34. The molecule has 0 aliphatic heterocycles. The van der Waals surface area contributed by atoms with Crippen LogP contribution in [0.5, 0.6) is 11.5 Å². The van der Waals surface area contributed by atoms with Crippen LogP contribution in [0.1, 0.15) is 37.5 Å². The van der Waals surface area contributed by atoms with Crippen LogP contribution >= 0.6 is 0 Å². The van der Waals surface area contributed by atoms with Crippen LogP contribution in [-0.4, -0.2) is 24.8 Å². The van der Waals surface area contributed by atoms with Crippen LogP contribution in [0, 0.1) is 13.8 Å². The minimum absolute atomic E-state index is 0.850. The summed E-state index contributed by atoms with van der Waals surface area (Å²) in [6, 6.07) is 12.3. The molecule has 3 nitrogen and oxygen atoms in total. The molecule has 0 atom stereocenters. The molecule has 0 saturated carbocycles. The van der Waals surface area contributed by atoms with Crippen molar-refractivity contribution in [3.63, 3.8) is 0 Å². The first-order valence-corrected chi connectivity index (χ1v) is 8.71. The summed E-state index contributed by atoms with van der Waals surface area (Å²) in [5.74, 6) is 1.72. The first-order valence-electron chi connectivity index (χ1n) is 8.71. The SMILES string of the molecule is C/C=C(/C)c1cccc(Oc2cc(C)c(/N=C\N(C)CC)cc2C)c1. The van der Waals surface area contributed by atoms with E-state index >= 15 is 0 Å². The Morgan fingerprint density at radius 1 is 1.16 bits per heavy atom. The Morgan fingerprint density at radius 3 is 2.60 bits per heavy atom. The van der Waals surface area contributed by atoms with Gasteiger partial charge < -0.3 is 9.64 Å². The molecular formula is C22H28N2O. The van der Waals surface area contributed by atoms with Crippen molar-refractivity contribution in [3.05, 3.63) is 59.2 Å². The van der Waals surface area contributed by atoms with Crippen LogP contribution < -0.4 is 4.74 Å². The van der Waals surface area contributed by atoms with Gasteiger partial charge in [-0.15, -0.1) is 0 Å². The van der Waals surface area contributed by atoms with E-state index in [1.165, 1.54) is 11.1 Å². The minimum Gasteiger partial charge on any atom is -0.457 e. The zero-order valence-electron chi connectivity index (χ0n) is 16.1. The summed E-state index contributed by atoms with van der Waals surface area (Å²) in [4.78, 5) is 6.62. The van der Waals surface area contributed by atoms with E-state index in [9.17, 15) is 0 Å². The lowest BCUT2D eigenvalue weighted by molar-refractivity contribution is 0.478. The van der Waals surface area contributed by atoms with Crippen LogP contribution in [0.2, 0.25) is 0 Å². The van der Waals surface area contributed by atoms with Gasteiger partial charge in [0.1, 0.15) is 11.5 Å². The third kappa shape index (κ3) is 4.96. The van der Waals surface area contributed by atoms with E-state index in [0.29, 0.717) is 0 Å². The van der Waals surface area contributed by atoms with Crippen molar-refractivity contribution < 1.29 is 4.74 Å². The molecule has 25 heavy (non-hydrogen) atoms. The van der Waals surface area contributed by atoms with E-state index < -0.39 is 0 Å². The van der Waals surface area contributed by atoms with Crippen molar-refractivity contribution in [2.75, 3.05) is 13.6 Å². The zero-order valence-corrected chi connectivity index (χ0v) is 16.1. The molecule has 0 N–H and O–H groups in total. The van der Waals surface area contributed by atoms with Crippen LogP contribution in [-0.2, 0) is 0 Å². The standard InChI is InChI=1S/C22H28N2O/c1-7-16(3)19-10-9-11-20(14-19)25-22-13-17(4)21(12-18(22)5)23-15-24(6)8-2/h7,9-15H,8H2,1-6H3/b16-7-,23-15-. The molecule has 0 radical (unpaired) electrons. The summed E-state index contributed by atoms with van der Waals surface area (Å²) in [7, 11) is 2.02. The number of hydrogen-bond acceptors (Lipinski definition) is 2. The third-order valence-corrected chi connectivity index (χ3v) is 4.34. The lowest BCUT2D eigenvalue weighted by atomic mass is 10.1. The molecule has 2 rings (SSSR count). The maximum Gasteiger partial charge on any atom is 0.130 e. The van der Waals surface area contributed by atoms with Gasteiger partial charge in [-0.1, -0.05) is 18.2 Å². The Balaban J connectivity index is 2.27. The summed E-state index contributed by atoms with van der Waals surface area (Å²) in [5, 5.41) is 0. The highest BCUT2D eigenvalue weighted by atomic mass is 16.5. The zero-order chi connectivity index (χ0) is 18.4. The van der Waals surface area contributed by atoms with Gasteiger partial charge in [0.05, 0.1) is 12.0 Å². The Hall–Kier alpha value is -2.55. The molecule has 132 valence electrons. The molecule has 0 aliphatic carbocycles. The Kier molecular flexibility index (Phi) is 6.40. The van der Waals surface area contributed by atoms with E-state index in [1.807, 2.05) is 37.3 Å². The summed E-state index contributed by atoms with van der Waals surface area (Å²) in [6.07, 6.45) is 3.97. The first kappa shape index (κ1) is 18.8. The van der Waals surface area contributed by atoms with Crippen molar-refractivity contribution >= 4 is 17.6 Å². The van der Waals surface area contributed by atoms with Crippen molar-refractivity contribution in [3.8, 4) is 11.5 Å². The molecule has 2 aromatic carbocycles. The van der Waals surface area contributed by atoms with Crippen LogP contribution in [0.25, 0.3) is 5.57 Å². The number of nitrogens with zero attached hydrogens (tertiary/aromatic N) is 2. The quantitative estimate of drug-likeness (QED) is 0.468. The average molecular weight is 336 g/mol. The van der Waals surface area contributed by atoms with Gasteiger partial charge in [0.2, 0.25) is 0 Å². The number of aryl methyl sites for hydroxylation is 2. The second-order valence-electron chi connectivity index (χ2n) is 6.32. The van der Waals surface area contributed by atoms with Crippen molar-refractivity contribution in [1.82, 2.24) is 4.90 Å². The highest BCUT2D eigenvalue weighted by Gasteiger charge is 2.07. The fourth-order valence-electron chi connectivity index (χ4n) is 2.36. The Bertz CT molecular complexity index is 791. The highest BCUT2D eigenvalue weighted by Crippen LogP contribution is 2.32. The molecule has 0 bridgehead atoms. The molecule has 0 aromatic heterocycles. The smallest absolute Gasteiger partial charge is 0.130 e. The normalized spacial score (nSPS) is 11.8. The van der Waals surface area contributed by atoms with Crippen LogP contribution in [0.3, 0.4) is 0 Å². The van der Waals surface area contributed by atoms with Gasteiger partial charge in [-0.2, -0.15) is 0 Å². The van der Waals surface area contributed by atoms with Gasteiger partial charge in [0.25, 0.3) is 0 Å². The number of ether oxygens (including phenoxy) is 1. The molecule has 0 unspecified atom stereocenters. The topological polar surface area (TPSA) is 24.8 Å². The Labute approximate surface area is 151 Å². The number of aliphatic imine (C=N–C) groups is 1. The van der Waals surface area contributed by atoms with Gasteiger partial charge in [-0.05, 0) is 81.1 Å². The molecule has 0 amide bonds. The predicted molar refractivity (Wildman–Crippen MR) is 108 cm³/mol. The largest absolute Gasteiger partial charge is 0.457 e. The fraction of sp³-hybridized carbons (Fsp3) is 0.318. The molecular weight excluding hydrogens is 308 g/mol. The summed E-state index contributed by atoms with van der Waals surface area (Å²) in [5.41, 5.74) is 5.57. The van der Waals surface area contributed by atoms with Crippen molar-refractivity contribution in [1.29, 1.82) is 0 Å². The van der Waals surface area contributed by atoms with E-state index in [4.69, 9.17) is 4.74 Å². The van der Waals surface area contributed by atoms with Crippen molar-refractivity contribution in [2.45, 2.75) is 34.6 Å². The Morgan fingerprint density at radius 2 is 1.92 bits per heavy atom.